The number of carbonyl (C=O) groups is 1. The van der Waals surface area contributed by atoms with Crippen molar-refractivity contribution in [2.75, 3.05) is 26.2 Å². The summed E-state index contributed by atoms with van der Waals surface area (Å²) in [6, 6.07) is 8.64. The number of benzene rings is 1. The first kappa shape index (κ1) is 20.4. The number of hydrogen-bond donors (Lipinski definition) is 2. The van der Waals surface area contributed by atoms with Gasteiger partial charge in [0.15, 0.2) is 0 Å². The number of hydrogen-bond acceptors (Lipinski definition) is 6. The van der Waals surface area contributed by atoms with E-state index in [9.17, 15) is 17.6 Å². The van der Waals surface area contributed by atoms with Gasteiger partial charge in [0, 0.05) is 31.1 Å². The molecule has 1 aromatic heterocycles. The van der Waals surface area contributed by atoms with E-state index in [-0.39, 0.29) is 29.4 Å². The molecule has 2 aromatic rings. The average Bonchev–Trinajstić information content (AvgIpc) is 3.35. The van der Waals surface area contributed by atoms with Crippen LogP contribution in [0.4, 0.5) is 4.39 Å². The lowest BCUT2D eigenvalue weighted by Gasteiger charge is -2.24. The molecule has 0 radical (unpaired) electrons. The van der Waals surface area contributed by atoms with Gasteiger partial charge in [-0.3, -0.25) is 4.79 Å². The van der Waals surface area contributed by atoms with Crippen molar-refractivity contribution in [3.05, 3.63) is 52.5 Å². The van der Waals surface area contributed by atoms with Gasteiger partial charge in [-0.1, -0.05) is 6.07 Å². The average molecular weight is 439 g/mol. The molecule has 0 spiro atoms. The molecule has 1 aromatic carbocycles. The predicted molar refractivity (Wildman–Crippen MR) is 108 cm³/mol. The molecule has 4 rings (SSSR count). The van der Waals surface area contributed by atoms with Crippen LogP contribution in [0.1, 0.15) is 23.8 Å². The van der Waals surface area contributed by atoms with Crippen LogP contribution < -0.4 is 10.9 Å². The van der Waals surface area contributed by atoms with Crippen molar-refractivity contribution in [3.8, 4) is 0 Å². The lowest BCUT2D eigenvalue weighted by molar-refractivity contribution is -0.133. The number of carbonyl (C=O) groups excluding carboxylic acids is 1. The minimum Gasteiger partial charge on any atom is -0.340 e. The van der Waals surface area contributed by atoms with Crippen LogP contribution in [0, 0.1) is 5.82 Å². The smallest absolute Gasteiger partial charge is 0.243 e. The quantitative estimate of drug-likeness (QED) is 0.760. The Bertz CT molecular complexity index is 950. The summed E-state index contributed by atoms with van der Waals surface area (Å²) in [5, 5.41) is 2.01. The normalized spacial score (nSPS) is 23.8. The Morgan fingerprint density at radius 2 is 1.86 bits per heavy atom. The zero-order valence-electron chi connectivity index (χ0n) is 15.8. The molecule has 7 nitrogen and oxygen atoms in total. The molecule has 0 bridgehead atoms. The SMILES string of the molecule is O=C(C1CC(c2cccs2)NN1)N1CCCN(S(=O)(=O)c2ccc(F)cc2)CC1. The van der Waals surface area contributed by atoms with Crippen molar-refractivity contribution in [1.29, 1.82) is 0 Å². The van der Waals surface area contributed by atoms with Gasteiger partial charge in [0.25, 0.3) is 0 Å². The van der Waals surface area contributed by atoms with E-state index in [0.717, 1.165) is 12.1 Å². The highest BCUT2D eigenvalue weighted by atomic mass is 32.2. The summed E-state index contributed by atoms with van der Waals surface area (Å²) in [6.07, 6.45) is 1.22. The van der Waals surface area contributed by atoms with Gasteiger partial charge in [-0.15, -0.1) is 11.3 Å². The molecular weight excluding hydrogens is 415 g/mol. The zero-order valence-corrected chi connectivity index (χ0v) is 17.4. The van der Waals surface area contributed by atoms with E-state index < -0.39 is 15.8 Å². The highest BCUT2D eigenvalue weighted by molar-refractivity contribution is 7.89. The number of halogens is 1. The van der Waals surface area contributed by atoms with E-state index in [2.05, 4.69) is 10.9 Å². The molecule has 2 saturated heterocycles. The first-order valence-corrected chi connectivity index (χ1v) is 11.9. The molecule has 29 heavy (non-hydrogen) atoms. The highest BCUT2D eigenvalue weighted by Gasteiger charge is 2.35. The monoisotopic (exact) mass is 438 g/mol. The first-order valence-electron chi connectivity index (χ1n) is 9.54. The van der Waals surface area contributed by atoms with Crippen LogP contribution in [0.25, 0.3) is 0 Å². The maximum absolute atomic E-state index is 13.1. The Labute approximate surface area is 173 Å². The number of amides is 1. The van der Waals surface area contributed by atoms with Crippen LogP contribution in [-0.4, -0.2) is 55.8 Å². The lowest BCUT2D eigenvalue weighted by Crippen LogP contribution is -2.47. The van der Waals surface area contributed by atoms with Crippen LogP contribution in [0.5, 0.6) is 0 Å². The van der Waals surface area contributed by atoms with E-state index in [1.54, 1.807) is 16.2 Å². The van der Waals surface area contributed by atoms with Gasteiger partial charge in [-0.05, 0) is 48.6 Å². The van der Waals surface area contributed by atoms with Gasteiger partial charge in [0.05, 0.1) is 10.9 Å². The number of sulfonamides is 1. The van der Waals surface area contributed by atoms with Gasteiger partial charge in [-0.25, -0.2) is 23.7 Å². The Morgan fingerprint density at radius 3 is 2.59 bits per heavy atom. The minimum atomic E-state index is -3.71. The summed E-state index contributed by atoms with van der Waals surface area (Å²) in [5.41, 5.74) is 6.26. The third kappa shape index (κ3) is 4.36. The molecule has 2 atom stereocenters. The van der Waals surface area contributed by atoms with E-state index in [1.165, 1.54) is 21.3 Å². The molecular formula is C19H23FN4O3S2. The Morgan fingerprint density at radius 1 is 1.07 bits per heavy atom. The molecule has 3 heterocycles. The largest absolute Gasteiger partial charge is 0.340 e. The zero-order chi connectivity index (χ0) is 20.4. The molecule has 2 fully saturated rings. The summed E-state index contributed by atoms with van der Waals surface area (Å²) in [6.45, 7) is 1.40. The van der Waals surface area contributed by atoms with Gasteiger partial charge in [0.2, 0.25) is 15.9 Å². The van der Waals surface area contributed by atoms with Crippen LogP contribution in [-0.2, 0) is 14.8 Å². The summed E-state index contributed by atoms with van der Waals surface area (Å²) in [5.74, 6) is -0.493. The fraction of sp³-hybridized carbons (Fsp3) is 0.421. The summed E-state index contributed by atoms with van der Waals surface area (Å²) in [4.78, 5) is 15.9. The van der Waals surface area contributed by atoms with Crippen LogP contribution in [0.15, 0.2) is 46.7 Å². The highest BCUT2D eigenvalue weighted by Crippen LogP contribution is 2.27. The van der Waals surface area contributed by atoms with Crippen molar-refractivity contribution in [2.24, 2.45) is 0 Å². The Hall–Kier alpha value is -1.85. The van der Waals surface area contributed by atoms with Gasteiger partial charge < -0.3 is 4.90 Å². The predicted octanol–water partition coefficient (Wildman–Crippen LogP) is 1.72. The van der Waals surface area contributed by atoms with Crippen molar-refractivity contribution in [3.63, 3.8) is 0 Å². The maximum Gasteiger partial charge on any atom is 0.243 e. The fourth-order valence-electron chi connectivity index (χ4n) is 3.72. The number of rotatable bonds is 4. The number of hydrazine groups is 1. The topological polar surface area (TPSA) is 81.8 Å². The maximum atomic E-state index is 13.1. The van der Waals surface area contributed by atoms with Crippen molar-refractivity contribution >= 4 is 27.3 Å². The van der Waals surface area contributed by atoms with E-state index in [1.807, 2.05) is 17.5 Å². The van der Waals surface area contributed by atoms with Gasteiger partial charge in [0.1, 0.15) is 11.9 Å². The fourth-order valence-corrected chi connectivity index (χ4v) is 5.99. The van der Waals surface area contributed by atoms with Crippen LogP contribution in [0.2, 0.25) is 0 Å². The molecule has 2 N–H and O–H groups in total. The first-order chi connectivity index (χ1) is 13.9. The van der Waals surface area contributed by atoms with Crippen molar-refractivity contribution < 1.29 is 17.6 Å². The van der Waals surface area contributed by atoms with E-state index >= 15 is 0 Å². The number of thiophene rings is 1. The Kier molecular flexibility index (Phi) is 5.98. The summed E-state index contributed by atoms with van der Waals surface area (Å²) < 4.78 is 40.2. The number of nitrogens with zero attached hydrogens (tertiary/aromatic N) is 2. The van der Waals surface area contributed by atoms with Crippen molar-refractivity contribution in [1.82, 2.24) is 20.1 Å². The molecule has 10 heteroatoms. The van der Waals surface area contributed by atoms with Crippen LogP contribution >= 0.6 is 11.3 Å². The van der Waals surface area contributed by atoms with Gasteiger partial charge >= 0.3 is 0 Å². The molecule has 156 valence electrons. The number of nitrogens with one attached hydrogen (secondary N) is 2. The standard InChI is InChI=1S/C19H23FN4O3S2/c20-14-4-6-15(7-5-14)29(26,27)24-9-2-8-23(10-11-24)19(25)17-13-16(21-22-17)18-3-1-12-28-18/h1,3-7,12,16-17,21-22H,2,8-11,13H2. The third-order valence-electron chi connectivity index (χ3n) is 5.31. The van der Waals surface area contributed by atoms with E-state index in [4.69, 9.17) is 0 Å². The molecule has 1 amide bonds. The second kappa shape index (κ2) is 8.49. The summed E-state index contributed by atoms with van der Waals surface area (Å²) in [7, 11) is -3.71. The van der Waals surface area contributed by atoms with Crippen LogP contribution in [0.3, 0.4) is 0 Å². The molecule has 0 aliphatic carbocycles. The molecule has 2 unspecified atom stereocenters. The third-order valence-corrected chi connectivity index (χ3v) is 8.20. The molecule has 0 saturated carbocycles. The van der Waals surface area contributed by atoms with E-state index in [0.29, 0.717) is 32.5 Å². The second-order valence-corrected chi connectivity index (χ2v) is 10.1. The van der Waals surface area contributed by atoms with Crippen molar-refractivity contribution in [2.45, 2.75) is 29.8 Å². The molecule has 2 aliphatic rings. The molecule has 2 aliphatic heterocycles. The van der Waals surface area contributed by atoms with Gasteiger partial charge in [-0.2, -0.15) is 4.31 Å². The second-order valence-electron chi connectivity index (χ2n) is 7.18. The summed E-state index contributed by atoms with van der Waals surface area (Å²) >= 11 is 1.65. The minimum absolute atomic E-state index is 0.0161. The Balaban J connectivity index is 1.38. The lowest BCUT2D eigenvalue weighted by atomic mass is 10.1.